The molecule has 0 unspecified atom stereocenters. The van der Waals surface area contributed by atoms with Crippen molar-refractivity contribution in [1.82, 2.24) is 0 Å². The van der Waals surface area contributed by atoms with Gasteiger partial charge in [0.25, 0.3) is 0 Å². The second-order valence-corrected chi connectivity index (χ2v) is 3.20. The van der Waals surface area contributed by atoms with E-state index in [2.05, 4.69) is 0 Å². The third-order valence-corrected chi connectivity index (χ3v) is 2.63. The number of carbonyl (C=O) groups excluding carboxylic acids is 2. The molecule has 3 heterocycles. The summed E-state index contributed by atoms with van der Waals surface area (Å²) in [6, 6.07) is 0. The summed E-state index contributed by atoms with van der Waals surface area (Å²) in [4.78, 5) is 23.1. The summed E-state index contributed by atoms with van der Waals surface area (Å²) < 4.78 is -0.198. The highest BCUT2D eigenvalue weighted by molar-refractivity contribution is 6.07. The Balaban J connectivity index is 2.27. The van der Waals surface area contributed by atoms with Crippen LogP contribution in [-0.4, -0.2) is 16.3 Å². The molecular formula is C10H6NO2+. The van der Waals surface area contributed by atoms with Crippen LogP contribution in [0.2, 0.25) is 0 Å². The van der Waals surface area contributed by atoms with Gasteiger partial charge in [0.2, 0.25) is 0 Å². The Labute approximate surface area is 74.5 Å². The molecule has 3 rings (SSSR count). The average Bonchev–Trinajstić information content (AvgIpc) is 2.45. The molecule has 0 fully saturated rings. The molecule has 0 radical (unpaired) electrons. The molecule has 3 aliphatic heterocycles. The molecule has 2 bridgehead atoms. The quantitative estimate of drug-likeness (QED) is 0.399. The lowest BCUT2D eigenvalue weighted by molar-refractivity contribution is -0.700. The van der Waals surface area contributed by atoms with Crippen LogP contribution in [0.4, 0.5) is 0 Å². The number of amides is 2. The first-order valence-corrected chi connectivity index (χ1v) is 4.03. The first-order chi connectivity index (χ1) is 6.26. The van der Waals surface area contributed by atoms with E-state index in [0.717, 1.165) is 11.4 Å². The molecule has 62 valence electrons. The lowest BCUT2D eigenvalue weighted by atomic mass is 9.99. The zero-order valence-corrected chi connectivity index (χ0v) is 6.73. The summed E-state index contributed by atoms with van der Waals surface area (Å²) in [6.45, 7) is 0. The molecule has 3 aliphatic rings. The fraction of sp³-hybridized carbons (Fsp3) is 0. The first kappa shape index (κ1) is 6.74. The van der Waals surface area contributed by atoms with E-state index >= 15 is 0 Å². The van der Waals surface area contributed by atoms with Crippen LogP contribution < -0.4 is 0 Å². The summed E-state index contributed by atoms with van der Waals surface area (Å²) >= 11 is 0. The van der Waals surface area contributed by atoms with Gasteiger partial charge in [-0.2, -0.15) is 0 Å². The molecule has 0 atom stereocenters. The van der Waals surface area contributed by atoms with Gasteiger partial charge >= 0.3 is 11.8 Å². The van der Waals surface area contributed by atoms with Gasteiger partial charge in [0, 0.05) is 12.2 Å². The normalized spacial score (nSPS) is 26.2. The number of quaternary nitrogens is 1. The second kappa shape index (κ2) is 1.78. The molecule has 0 aromatic carbocycles. The molecule has 3 heteroatoms. The van der Waals surface area contributed by atoms with Gasteiger partial charge in [-0.1, -0.05) is 6.08 Å². The van der Waals surface area contributed by atoms with Gasteiger partial charge in [0.05, 0.1) is 18.2 Å². The SMILES string of the molecule is O=C1C=CC(=O)[N+]12c1cccc2c1. The Morgan fingerprint density at radius 1 is 0.923 bits per heavy atom. The molecule has 0 aliphatic carbocycles. The van der Waals surface area contributed by atoms with Crippen LogP contribution in [0.3, 0.4) is 0 Å². The summed E-state index contributed by atoms with van der Waals surface area (Å²) in [5.41, 5.74) is 1.55. The Bertz CT molecular complexity index is 432. The van der Waals surface area contributed by atoms with Gasteiger partial charge < -0.3 is 0 Å². The zero-order chi connectivity index (χ0) is 9.05. The number of allylic oxidation sites excluding steroid dienone is 4. The lowest BCUT2D eigenvalue weighted by Crippen LogP contribution is -2.55. The van der Waals surface area contributed by atoms with Crippen molar-refractivity contribution in [2.24, 2.45) is 0 Å². The molecule has 13 heavy (non-hydrogen) atoms. The fourth-order valence-corrected chi connectivity index (χ4v) is 1.98. The number of carbonyl (C=O) groups is 2. The molecule has 0 aromatic heterocycles. The van der Waals surface area contributed by atoms with Gasteiger partial charge in [-0.25, -0.2) is 9.59 Å². The topological polar surface area (TPSA) is 34.1 Å². The van der Waals surface area contributed by atoms with Crippen molar-refractivity contribution >= 4 is 11.8 Å². The van der Waals surface area contributed by atoms with Gasteiger partial charge in [-0.15, -0.1) is 4.48 Å². The van der Waals surface area contributed by atoms with Crippen LogP contribution in [0.15, 0.2) is 47.9 Å². The highest BCUT2D eigenvalue weighted by Crippen LogP contribution is 2.43. The molecule has 1 spiro atoms. The predicted molar refractivity (Wildman–Crippen MR) is 44.7 cm³/mol. The van der Waals surface area contributed by atoms with Crippen LogP contribution in [0.25, 0.3) is 0 Å². The molecular weight excluding hydrogens is 166 g/mol. The van der Waals surface area contributed by atoms with E-state index in [1.165, 1.54) is 12.2 Å². The van der Waals surface area contributed by atoms with E-state index in [4.69, 9.17) is 0 Å². The first-order valence-electron chi connectivity index (χ1n) is 4.03. The van der Waals surface area contributed by atoms with Crippen molar-refractivity contribution in [2.45, 2.75) is 0 Å². The van der Waals surface area contributed by atoms with E-state index in [-0.39, 0.29) is 16.3 Å². The largest absolute Gasteiger partial charge is 0.356 e. The van der Waals surface area contributed by atoms with Crippen LogP contribution in [0, 0.1) is 0 Å². The Morgan fingerprint density at radius 2 is 1.62 bits per heavy atom. The highest BCUT2D eigenvalue weighted by atomic mass is 16.2. The fourth-order valence-electron chi connectivity index (χ4n) is 1.98. The maximum atomic E-state index is 11.6. The third-order valence-electron chi connectivity index (χ3n) is 2.63. The number of nitrogens with zero attached hydrogens (tertiary/aromatic N) is 1. The molecule has 0 N–H and O–H groups in total. The van der Waals surface area contributed by atoms with Crippen molar-refractivity contribution in [2.75, 3.05) is 0 Å². The Kier molecular flexibility index (Phi) is 0.921. The number of rotatable bonds is 0. The van der Waals surface area contributed by atoms with E-state index in [9.17, 15) is 9.59 Å². The average molecular weight is 172 g/mol. The smallest absolute Gasteiger partial charge is 0.225 e. The minimum Gasteiger partial charge on any atom is -0.225 e. The van der Waals surface area contributed by atoms with E-state index in [1.807, 2.05) is 12.2 Å². The van der Waals surface area contributed by atoms with Crippen LogP contribution >= 0.6 is 0 Å². The maximum Gasteiger partial charge on any atom is 0.356 e. The summed E-state index contributed by atoms with van der Waals surface area (Å²) in [6.07, 6.45) is 10.0. The molecule has 2 amide bonds. The summed E-state index contributed by atoms with van der Waals surface area (Å²) in [5.74, 6) is -0.309. The molecule has 0 saturated carbocycles. The van der Waals surface area contributed by atoms with Gasteiger partial charge in [-0.05, 0) is 0 Å². The standard InChI is InChI=1S/C10H6NO2/c12-9-4-5-10(13)11(9)7-2-1-3-8(11)6-7/h1-6H/q+1. The van der Waals surface area contributed by atoms with E-state index in [1.54, 1.807) is 12.2 Å². The van der Waals surface area contributed by atoms with Gasteiger partial charge in [-0.3, -0.25) is 0 Å². The Morgan fingerprint density at radius 3 is 2.08 bits per heavy atom. The van der Waals surface area contributed by atoms with Gasteiger partial charge in [0.15, 0.2) is 11.4 Å². The zero-order valence-electron chi connectivity index (χ0n) is 6.73. The van der Waals surface area contributed by atoms with Crippen molar-refractivity contribution < 1.29 is 14.1 Å². The second-order valence-electron chi connectivity index (χ2n) is 3.20. The summed E-state index contributed by atoms with van der Waals surface area (Å²) in [5, 5.41) is 0. The van der Waals surface area contributed by atoms with Gasteiger partial charge in [0.1, 0.15) is 0 Å². The highest BCUT2D eigenvalue weighted by Gasteiger charge is 2.58. The number of imide groups is 1. The van der Waals surface area contributed by atoms with Crippen LogP contribution in [0.1, 0.15) is 0 Å². The monoisotopic (exact) mass is 172 g/mol. The molecule has 0 saturated heterocycles. The maximum absolute atomic E-state index is 11.6. The van der Waals surface area contributed by atoms with Crippen molar-refractivity contribution in [1.29, 1.82) is 0 Å². The third kappa shape index (κ3) is 0.504. The molecule has 3 nitrogen and oxygen atoms in total. The summed E-state index contributed by atoms with van der Waals surface area (Å²) in [7, 11) is 0. The van der Waals surface area contributed by atoms with Crippen molar-refractivity contribution in [3.8, 4) is 0 Å². The van der Waals surface area contributed by atoms with E-state index < -0.39 is 0 Å². The minimum absolute atomic E-state index is 0.155. The van der Waals surface area contributed by atoms with Crippen molar-refractivity contribution in [3.63, 3.8) is 0 Å². The molecule has 0 aromatic rings. The number of hydrogen-bond acceptors (Lipinski definition) is 2. The lowest BCUT2D eigenvalue weighted by Gasteiger charge is -2.37. The number of hydrogen-bond donors (Lipinski definition) is 0. The Hall–Kier alpha value is -1.74. The van der Waals surface area contributed by atoms with Crippen LogP contribution in [-0.2, 0) is 9.59 Å². The van der Waals surface area contributed by atoms with E-state index in [0.29, 0.717) is 0 Å². The van der Waals surface area contributed by atoms with Crippen molar-refractivity contribution in [3.05, 3.63) is 47.9 Å². The minimum atomic E-state index is -0.198. The predicted octanol–water partition coefficient (Wildman–Crippen LogP) is 0.777. The van der Waals surface area contributed by atoms with Crippen LogP contribution in [0.5, 0.6) is 0 Å².